The van der Waals surface area contributed by atoms with Gasteiger partial charge in [0, 0.05) is 6.54 Å². The van der Waals surface area contributed by atoms with Gasteiger partial charge < -0.3 is 19.2 Å². The first kappa shape index (κ1) is 15.6. The number of urea groups is 1. The molecule has 23 heavy (non-hydrogen) atoms. The number of nitrogens with zero attached hydrogens (tertiary/aromatic N) is 2. The molecule has 2 amide bonds. The van der Waals surface area contributed by atoms with E-state index in [0.717, 1.165) is 24.3 Å². The fourth-order valence-corrected chi connectivity index (χ4v) is 3.13. The number of anilines is 1. The number of carbonyl (C=O) groups is 1. The van der Waals surface area contributed by atoms with Crippen molar-refractivity contribution in [2.24, 2.45) is 5.92 Å². The number of amides is 2. The molecule has 1 saturated heterocycles. The number of furan rings is 1. The maximum absolute atomic E-state index is 12.8. The van der Waals surface area contributed by atoms with Gasteiger partial charge in [0.25, 0.3) is 0 Å². The van der Waals surface area contributed by atoms with Crippen LogP contribution in [0.1, 0.15) is 49.9 Å². The van der Waals surface area contributed by atoms with E-state index in [0.29, 0.717) is 30.3 Å². The summed E-state index contributed by atoms with van der Waals surface area (Å²) in [5, 5.41) is 6.96. The Labute approximate surface area is 135 Å². The van der Waals surface area contributed by atoms with Crippen LogP contribution in [0.25, 0.3) is 0 Å². The molecular weight excluding hydrogens is 294 g/mol. The van der Waals surface area contributed by atoms with Crippen molar-refractivity contribution in [2.45, 2.75) is 46.1 Å². The van der Waals surface area contributed by atoms with Gasteiger partial charge in [-0.3, -0.25) is 0 Å². The Morgan fingerprint density at radius 3 is 3.04 bits per heavy atom. The minimum absolute atomic E-state index is 0.0287. The second-order valence-corrected chi connectivity index (χ2v) is 6.20. The predicted octanol–water partition coefficient (Wildman–Crippen LogP) is 4.14. The zero-order valence-corrected chi connectivity index (χ0v) is 13.8. The number of likely N-dealkylation sites (tertiary alicyclic amines) is 1. The molecule has 1 fully saturated rings. The molecule has 1 aliphatic rings. The van der Waals surface area contributed by atoms with E-state index in [-0.39, 0.29) is 12.1 Å². The third kappa shape index (κ3) is 3.11. The normalized spacial score (nSPS) is 21.4. The molecule has 0 aliphatic carbocycles. The van der Waals surface area contributed by atoms with Crippen molar-refractivity contribution in [3.05, 3.63) is 35.6 Å². The van der Waals surface area contributed by atoms with E-state index in [4.69, 9.17) is 8.94 Å². The smallest absolute Gasteiger partial charge is 0.322 e. The van der Waals surface area contributed by atoms with E-state index in [1.165, 1.54) is 0 Å². The molecule has 0 radical (unpaired) electrons. The first-order chi connectivity index (χ1) is 11.1. The van der Waals surface area contributed by atoms with Gasteiger partial charge in [0.1, 0.15) is 17.1 Å². The molecule has 2 atom stereocenters. The molecular formula is C17H23N3O3. The van der Waals surface area contributed by atoms with Crippen LogP contribution in [0.3, 0.4) is 0 Å². The van der Waals surface area contributed by atoms with Crippen LogP contribution in [-0.2, 0) is 6.42 Å². The number of aromatic nitrogens is 1. The summed E-state index contributed by atoms with van der Waals surface area (Å²) >= 11 is 0. The van der Waals surface area contributed by atoms with Crippen LogP contribution in [0.15, 0.2) is 27.3 Å². The van der Waals surface area contributed by atoms with Crippen molar-refractivity contribution < 1.29 is 13.7 Å². The van der Waals surface area contributed by atoms with Gasteiger partial charge in [-0.15, -0.1) is 0 Å². The van der Waals surface area contributed by atoms with Crippen molar-refractivity contribution in [3.63, 3.8) is 0 Å². The Bertz CT molecular complexity index is 663. The summed E-state index contributed by atoms with van der Waals surface area (Å²) in [6.45, 7) is 6.72. The van der Waals surface area contributed by atoms with Crippen molar-refractivity contribution in [1.82, 2.24) is 10.1 Å². The first-order valence-corrected chi connectivity index (χ1v) is 8.16. The lowest BCUT2D eigenvalue weighted by atomic mass is 9.91. The maximum Gasteiger partial charge on any atom is 0.322 e. The Balaban J connectivity index is 1.80. The summed E-state index contributed by atoms with van der Waals surface area (Å²) in [6.07, 6.45) is 4.27. The second-order valence-electron chi connectivity index (χ2n) is 6.20. The molecule has 6 nitrogen and oxygen atoms in total. The molecule has 124 valence electrons. The van der Waals surface area contributed by atoms with Gasteiger partial charge in [-0.05, 0) is 44.2 Å². The molecule has 1 N–H and O–H groups in total. The van der Waals surface area contributed by atoms with Crippen molar-refractivity contribution in [2.75, 3.05) is 11.9 Å². The van der Waals surface area contributed by atoms with Crippen LogP contribution in [0, 0.1) is 12.8 Å². The highest BCUT2D eigenvalue weighted by Crippen LogP contribution is 2.35. The van der Waals surface area contributed by atoms with Crippen LogP contribution in [0.5, 0.6) is 0 Å². The molecule has 0 saturated carbocycles. The number of hydrogen-bond acceptors (Lipinski definition) is 4. The Morgan fingerprint density at radius 2 is 2.35 bits per heavy atom. The third-order valence-corrected chi connectivity index (χ3v) is 4.50. The fourth-order valence-electron chi connectivity index (χ4n) is 3.13. The quantitative estimate of drug-likeness (QED) is 0.923. The summed E-state index contributed by atoms with van der Waals surface area (Å²) in [5.74, 6) is 2.04. The number of carbonyl (C=O) groups excluding carboxylic acids is 1. The SMILES string of the molecule is CCc1noc(C)c1NC(=O)N1CC[C@H](C)C[C@H]1c1ccco1. The molecule has 0 bridgehead atoms. The molecule has 3 heterocycles. The average Bonchev–Trinajstić information content (AvgIpc) is 3.18. The van der Waals surface area contributed by atoms with E-state index in [2.05, 4.69) is 17.4 Å². The summed E-state index contributed by atoms with van der Waals surface area (Å²) in [5.41, 5.74) is 1.46. The summed E-state index contributed by atoms with van der Waals surface area (Å²) in [6, 6.07) is 3.65. The van der Waals surface area contributed by atoms with Crippen molar-refractivity contribution in [3.8, 4) is 0 Å². The van der Waals surface area contributed by atoms with Gasteiger partial charge >= 0.3 is 6.03 Å². The Morgan fingerprint density at radius 1 is 1.52 bits per heavy atom. The van der Waals surface area contributed by atoms with Crippen LogP contribution < -0.4 is 5.32 Å². The van der Waals surface area contributed by atoms with E-state index in [9.17, 15) is 4.79 Å². The van der Waals surface area contributed by atoms with E-state index in [1.54, 1.807) is 6.26 Å². The van der Waals surface area contributed by atoms with Gasteiger partial charge in [-0.25, -0.2) is 4.79 Å². The lowest BCUT2D eigenvalue weighted by Gasteiger charge is -2.37. The van der Waals surface area contributed by atoms with Gasteiger partial charge in [0.2, 0.25) is 0 Å². The van der Waals surface area contributed by atoms with E-state index >= 15 is 0 Å². The number of rotatable bonds is 3. The fraction of sp³-hybridized carbons (Fsp3) is 0.529. The largest absolute Gasteiger partial charge is 0.467 e. The minimum atomic E-state index is -0.126. The average molecular weight is 317 g/mol. The van der Waals surface area contributed by atoms with E-state index < -0.39 is 0 Å². The number of nitrogens with one attached hydrogen (secondary N) is 1. The summed E-state index contributed by atoms with van der Waals surface area (Å²) in [7, 11) is 0. The topological polar surface area (TPSA) is 71.5 Å². The molecule has 0 unspecified atom stereocenters. The van der Waals surface area contributed by atoms with Crippen LogP contribution in [0.4, 0.5) is 10.5 Å². The first-order valence-electron chi connectivity index (χ1n) is 8.16. The summed E-state index contributed by atoms with van der Waals surface area (Å²) < 4.78 is 10.7. The highest BCUT2D eigenvalue weighted by Gasteiger charge is 2.33. The minimum Gasteiger partial charge on any atom is -0.467 e. The van der Waals surface area contributed by atoms with Crippen molar-refractivity contribution >= 4 is 11.7 Å². The van der Waals surface area contributed by atoms with Crippen LogP contribution >= 0.6 is 0 Å². The van der Waals surface area contributed by atoms with Crippen molar-refractivity contribution in [1.29, 1.82) is 0 Å². The maximum atomic E-state index is 12.8. The predicted molar refractivity (Wildman–Crippen MR) is 86.2 cm³/mol. The Kier molecular flexibility index (Phi) is 4.41. The second kappa shape index (κ2) is 6.48. The third-order valence-electron chi connectivity index (χ3n) is 4.50. The molecule has 0 spiro atoms. The van der Waals surface area contributed by atoms with Gasteiger partial charge in [-0.1, -0.05) is 19.0 Å². The number of piperidine rings is 1. The summed E-state index contributed by atoms with van der Waals surface area (Å²) in [4.78, 5) is 14.7. The molecule has 6 heteroatoms. The Hall–Kier alpha value is -2.24. The van der Waals surface area contributed by atoms with Crippen LogP contribution in [0.2, 0.25) is 0 Å². The molecule has 3 rings (SSSR count). The molecule has 2 aromatic heterocycles. The van der Waals surface area contributed by atoms with E-state index in [1.807, 2.05) is 30.9 Å². The standard InChI is InChI=1S/C17H23N3O3/c1-4-13-16(12(3)23-19-13)18-17(21)20-8-7-11(2)10-14(20)15-6-5-9-22-15/h5-6,9,11,14H,4,7-8,10H2,1-3H3,(H,18,21)/t11-,14-/m0/s1. The van der Waals surface area contributed by atoms with Crippen LogP contribution in [-0.4, -0.2) is 22.6 Å². The lowest BCUT2D eigenvalue weighted by molar-refractivity contribution is 0.129. The van der Waals surface area contributed by atoms with Gasteiger partial charge in [-0.2, -0.15) is 0 Å². The van der Waals surface area contributed by atoms with Gasteiger partial charge in [0.15, 0.2) is 5.76 Å². The highest BCUT2D eigenvalue weighted by atomic mass is 16.5. The van der Waals surface area contributed by atoms with Gasteiger partial charge in [0.05, 0.1) is 12.3 Å². The number of hydrogen-bond donors (Lipinski definition) is 1. The molecule has 0 aromatic carbocycles. The molecule has 2 aromatic rings. The zero-order chi connectivity index (χ0) is 16.4. The highest BCUT2D eigenvalue weighted by molar-refractivity contribution is 5.90. The monoisotopic (exact) mass is 317 g/mol. The molecule has 1 aliphatic heterocycles. The number of aryl methyl sites for hydroxylation is 2. The zero-order valence-electron chi connectivity index (χ0n) is 13.8. The lowest BCUT2D eigenvalue weighted by Crippen LogP contribution is -2.43.